The van der Waals surface area contributed by atoms with Crippen LogP contribution in [-0.2, 0) is 9.53 Å². The van der Waals surface area contributed by atoms with Crippen LogP contribution in [-0.4, -0.2) is 24.9 Å². The van der Waals surface area contributed by atoms with Crippen molar-refractivity contribution in [3.8, 4) is 0 Å². The molecular formula is C31H31ClN2O2S. The topological polar surface area (TPSA) is 42.4 Å². The summed E-state index contributed by atoms with van der Waals surface area (Å²) in [7, 11) is 4.06. The third kappa shape index (κ3) is 5.89. The highest BCUT2D eigenvalue weighted by Gasteiger charge is 2.29. The Bertz CT molecular complexity index is 1440. The van der Waals surface area contributed by atoms with Crippen LogP contribution in [0.2, 0.25) is 5.02 Å². The lowest BCUT2D eigenvalue weighted by Crippen LogP contribution is -2.20. The molecule has 0 bridgehead atoms. The number of hydrogen-bond acceptors (Lipinski definition) is 5. The van der Waals surface area contributed by atoms with E-state index in [2.05, 4.69) is 29.2 Å². The third-order valence-electron chi connectivity index (χ3n) is 6.86. The van der Waals surface area contributed by atoms with Crippen molar-refractivity contribution >= 4 is 56.3 Å². The molecule has 5 rings (SSSR count). The first-order valence-corrected chi connectivity index (χ1v) is 13.9. The van der Waals surface area contributed by atoms with Gasteiger partial charge in [0.05, 0.1) is 15.8 Å². The summed E-state index contributed by atoms with van der Waals surface area (Å²) >= 11 is 7.77. The number of carbonyl (C=O) groups is 1. The first kappa shape index (κ1) is 25.5. The van der Waals surface area contributed by atoms with Crippen molar-refractivity contribution < 1.29 is 9.53 Å². The molecule has 0 N–H and O–H groups in total. The molecule has 190 valence electrons. The number of thiazole rings is 1. The van der Waals surface area contributed by atoms with Gasteiger partial charge in [0.25, 0.3) is 0 Å². The molecule has 3 aromatic rings. The molecular weight excluding hydrogens is 500 g/mol. The van der Waals surface area contributed by atoms with Gasteiger partial charge in [-0.05, 0) is 79.5 Å². The van der Waals surface area contributed by atoms with Crippen molar-refractivity contribution in [2.75, 3.05) is 19.0 Å². The molecule has 0 spiro atoms. The van der Waals surface area contributed by atoms with Crippen LogP contribution >= 0.6 is 22.9 Å². The van der Waals surface area contributed by atoms with Crippen LogP contribution in [0, 0.1) is 5.92 Å². The average Bonchev–Trinajstić information content (AvgIpc) is 3.30. The summed E-state index contributed by atoms with van der Waals surface area (Å²) < 4.78 is 7.01. The summed E-state index contributed by atoms with van der Waals surface area (Å²) in [6.07, 6.45) is 13.2. The van der Waals surface area contributed by atoms with Crippen molar-refractivity contribution in [1.82, 2.24) is 4.98 Å². The maximum absolute atomic E-state index is 14.0. The Morgan fingerprint density at radius 3 is 2.54 bits per heavy atom. The van der Waals surface area contributed by atoms with Crippen molar-refractivity contribution in [3.63, 3.8) is 0 Å². The Hall–Kier alpha value is -3.15. The molecule has 0 radical (unpaired) electrons. The SMILES string of the molecule is CC1=C/C(=C(/C(=O)C2CCCCC2)c2nc3ccc(Cl)cc3s2)C=C(C=Cc2ccc(N(C)C)cc2)O1. The minimum Gasteiger partial charge on any atom is -0.462 e. The smallest absolute Gasteiger partial charge is 0.169 e. The van der Waals surface area contributed by atoms with E-state index in [1.165, 1.54) is 17.8 Å². The number of rotatable bonds is 6. The number of carbonyl (C=O) groups excluding carboxylic acids is 1. The third-order valence-corrected chi connectivity index (χ3v) is 8.13. The maximum Gasteiger partial charge on any atom is 0.169 e. The Morgan fingerprint density at radius 2 is 1.81 bits per heavy atom. The highest BCUT2D eigenvalue weighted by molar-refractivity contribution is 7.19. The lowest BCUT2D eigenvalue weighted by molar-refractivity contribution is -0.118. The number of nitrogens with zero attached hydrogens (tertiary/aromatic N) is 2. The molecule has 2 aromatic carbocycles. The molecule has 1 aromatic heterocycles. The van der Waals surface area contributed by atoms with Crippen LogP contribution < -0.4 is 4.90 Å². The highest BCUT2D eigenvalue weighted by atomic mass is 35.5. The zero-order valence-corrected chi connectivity index (χ0v) is 23.0. The van der Waals surface area contributed by atoms with Crippen molar-refractivity contribution in [1.29, 1.82) is 0 Å². The molecule has 1 fully saturated rings. The summed E-state index contributed by atoms with van der Waals surface area (Å²) in [5, 5.41) is 1.41. The van der Waals surface area contributed by atoms with Gasteiger partial charge in [-0.25, -0.2) is 4.98 Å². The quantitative estimate of drug-likeness (QED) is 0.300. The molecule has 1 saturated carbocycles. The lowest BCUT2D eigenvalue weighted by Gasteiger charge is -2.23. The summed E-state index contributed by atoms with van der Waals surface area (Å²) in [6, 6.07) is 14.0. The molecule has 2 heterocycles. The fourth-order valence-corrected chi connectivity index (χ4v) is 6.21. The van der Waals surface area contributed by atoms with Gasteiger partial charge in [-0.1, -0.05) is 49.1 Å². The van der Waals surface area contributed by atoms with Crippen LogP contribution in [0.25, 0.3) is 21.9 Å². The minimum absolute atomic E-state index is 0.0333. The van der Waals surface area contributed by atoms with E-state index in [0.29, 0.717) is 16.4 Å². The first-order valence-electron chi connectivity index (χ1n) is 12.8. The van der Waals surface area contributed by atoms with E-state index in [-0.39, 0.29) is 11.7 Å². The number of aromatic nitrogens is 1. The summed E-state index contributed by atoms with van der Waals surface area (Å²) in [5.74, 6) is 1.67. The van der Waals surface area contributed by atoms with Crippen molar-refractivity contribution in [2.24, 2.45) is 5.92 Å². The molecule has 2 aliphatic rings. The van der Waals surface area contributed by atoms with Crippen LogP contribution in [0.3, 0.4) is 0 Å². The maximum atomic E-state index is 14.0. The van der Waals surface area contributed by atoms with E-state index in [1.807, 2.05) is 63.5 Å². The standard InChI is InChI=1S/C31H31ClN2O2S/c1-20-17-23(18-26(36-20)15-11-21-9-13-25(14-10-21)34(2)3)29(30(35)22-7-5-4-6-8-22)31-33-27-16-12-24(32)19-28(27)37-31/h9-19,22H,4-8H2,1-3H3/b15-11?,29-23+. The second-order valence-corrected chi connectivity index (χ2v) is 11.4. The first-order chi connectivity index (χ1) is 17.9. The number of allylic oxidation sites excluding steroid dienone is 6. The number of anilines is 1. The lowest BCUT2D eigenvalue weighted by atomic mass is 9.82. The normalized spacial score (nSPS) is 17.9. The van der Waals surface area contributed by atoms with E-state index in [4.69, 9.17) is 21.3 Å². The van der Waals surface area contributed by atoms with Gasteiger partial charge < -0.3 is 9.64 Å². The van der Waals surface area contributed by atoms with E-state index >= 15 is 0 Å². The zero-order chi connectivity index (χ0) is 25.9. The molecule has 0 saturated heterocycles. The van der Waals surface area contributed by atoms with E-state index in [0.717, 1.165) is 63.5 Å². The zero-order valence-electron chi connectivity index (χ0n) is 21.5. The number of ketones is 1. The highest BCUT2D eigenvalue weighted by Crippen LogP contribution is 2.38. The fourth-order valence-electron chi connectivity index (χ4n) is 4.89. The number of hydrogen-bond donors (Lipinski definition) is 0. The molecule has 37 heavy (non-hydrogen) atoms. The molecule has 4 nitrogen and oxygen atoms in total. The van der Waals surface area contributed by atoms with Gasteiger partial charge in [0.15, 0.2) is 5.78 Å². The average molecular weight is 531 g/mol. The number of Topliss-reactive ketones (excluding diaryl/α,β-unsaturated/α-hetero) is 1. The Balaban J connectivity index is 1.56. The van der Waals surface area contributed by atoms with Gasteiger partial charge in [0, 0.05) is 30.7 Å². The monoisotopic (exact) mass is 530 g/mol. The Labute approximate surface area is 227 Å². The molecule has 1 aliphatic heterocycles. The van der Waals surface area contributed by atoms with Gasteiger partial charge in [-0.2, -0.15) is 0 Å². The molecule has 0 atom stereocenters. The van der Waals surface area contributed by atoms with Crippen LogP contribution in [0.15, 0.2) is 77.8 Å². The number of halogens is 1. The van der Waals surface area contributed by atoms with Crippen molar-refractivity contribution in [2.45, 2.75) is 39.0 Å². The van der Waals surface area contributed by atoms with Gasteiger partial charge in [0.2, 0.25) is 0 Å². The summed E-state index contributed by atoms with van der Waals surface area (Å²) in [6.45, 7) is 1.92. The largest absolute Gasteiger partial charge is 0.462 e. The predicted octanol–water partition coefficient (Wildman–Crippen LogP) is 8.45. The minimum atomic E-state index is 0.0333. The Morgan fingerprint density at radius 1 is 1.05 bits per heavy atom. The molecule has 0 unspecified atom stereocenters. The second-order valence-electron chi connectivity index (χ2n) is 9.88. The van der Waals surface area contributed by atoms with E-state index in [9.17, 15) is 4.79 Å². The van der Waals surface area contributed by atoms with E-state index < -0.39 is 0 Å². The molecule has 0 amide bonds. The van der Waals surface area contributed by atoms with Gasteiger partial charge in [0.1, 0.15) is 16.5 Å². The van der Waals surface area contributed by atoms with Gasteiger partial charge in [-0.15, -0.1) is 11.3 Å². The van der Waals surface area contributed by atoms with Crippen LogP contribution in [0.5, 0.6) is 0 Å². The van der Waals surface area contributed by atoms with Crippen LogP contribution in [0.4, 0.5) is 5.69 Å². The fraction of sp³-hybridized carbons (Fsp3) is 0.290. The number of fused-ring (bicyclic) bond motifs is 1. The van der Waals surface area contributed by atoms with Gasteiger partial charge >= 0.3 is 0 Å². The Kier molecular flexibility index (Phi) is 7.63. The molecule has 1 aliphatic carbocycles. The molecule has 6 heteroatoms. The predicted molar refractivity (Wildman–Crippen MR) is 156 cm³/mol. The number of benzene rings is 2. The van der Waals surface area contributed by atoms with E-state index in [1.54, 1.807) is 0 Å². The van der Waals surface area contributed by atoms with Crippen molar-refractivity contribution in [3.05, 3.63) is 93.4 Å². The second kappa shape index (κ2) is 11.1. The number of ether oxygens (including phenoxy) is 1. The van der Waals surface area contributed by atoms with Gasteiger partial charge in [-0.3, -0.25) is 4.79 Å². The van der Waals surface area contributed by atoms with Crippen LogP contribution in [0.1, 0.15) is 49.6 Å². The summed E-state index contributed by atoms with van der Waals surface area (Å²) in [5.41, 5.74) is 4.63. The summed E-state index contributed by atoms with van der Waals surface area (Å²) in [4.78, 5) is 20.9.